The molecule has 0 aliphatic carbocycles. The van der Waals surface area contributed by atoms with Crippen molar-refractivity contribution in [3.63, 3.8) is 0 Å². The zero-order valence-corrected chi connectivity index (χ0v) is 8.68. The minimum absolute atomic E-state index is 0.767. The molecule has 0 aromatic rings. The Labute approximate surface area is 81.9 Å². The van der Waals surface area contributed by atoms with Gasteiger partial charge in [-0.05, 0) is 27.7 Å². The molecule has 0 aromatic heterocycles. The van der Waals surface area contributed by atoms with Gasteiger partial charge >= 0.3 is 7.12 Å². The van der Waals surface area contributed by atoms with Gasteiger partial charge in [0.15, 0.2) is 6.07 Å². The third-order valence-electron chi connectivity index (χ3n) is 2.77. The Balaban J connectivity index is 2.73. The summed E-state index contributed by atoms with van der Waals surface area (Å²) in [7, 11) is -1.47. The SMILES string of the molecule is CC1(C)OB(C(F)C(F)F)OC1(C)C. The Bertz CT molecular complexity index is 205. The van der Waals surface area contributed by atoms with Gasteiger partial charge in [0.1, 0.15) is 0 Å². The summed E-state index contributed by atoms with van der Waals surface area (Å²) in [5, 5.41) is 0. The van der Waals surface area contributed by atoms with Crippen LogP contribution in [-0.2, 0) is 9.31 Å². The molecule has 1 aliphatic rings. The summed E-state index contributed by atoms with van der Waals surface area (Å²) < 4.78 is 47.2. The Kier molecular flexibility index (Phi) is 2.89. The van der Waals surface area contributed by atoms with Crippen molar-refractivity contribution in [3.05, 3.63) is 0 Å². The van der Waals surface area contributed by atoms with Crippen LogP contribution >= 0.6 is 0 Å². The summed E-state index contributed by atoms with van der Waals surface area (Å²) in [6.45, 7) is 6.74. The molecule has 1 aliphatic heterocycles. The van der Waals surface area contributed by atoms with E-state index in [4.69, 9.17) is 9.31 Å². The molecule has 0 N–H and O–H groups in total. The van der Waals surface area contributed by atoms with Crippen molar-refractivity contribution in [1.29, 1.82) is 0 Å². The van der Waals surface area contributed by atoms with Crippen LogP contribution in [0.5, 0.6) is 0 Å². The lowest BCUT2D eigenvalue weighted by atomic mass is 9.83. The first-order chi connectivity index (χ1) is 6.17. The molecule has 1 atom stereocenters. The summed E-state index contributed by atoms with van der Waals surface area (Å²) in [5.74, 6) is 0. The second-order valence-electron chi connectivity index (χ2n) is 4.40. The van der Waals surface area contributed by atoms with Crippen molar-refractivity contribution >= 4 is 7.12 Å². The molecular weight excluding hydrogens is 196 g/mol. The maximum Gasteiger partial charge on any atom is 0.500 e. The molecule has 1 rings (SSSR count). The van der Waals surface area contributed by atoms with E-state index in [1.54, 1.807) is 27.7 Å². The standard InChI is InChI=1S/C8H14BF3O2/c1-7(2)8(3,4)14-9(13-7)5(10)6(11)12/h5-6H,1-4H3. The van der Waals surface area contributed by atoms with E-state index in [2.05, 4.69) is 0 Å². The van der Waals surface area contributed by atoms with Crippen LogP contribution in [-0.4, -0.2) is 30.8 Å². The predicted molar refractivity (Wildman–Crippen MR) is 47.0 cm³/mol. The molecule has 0 saturated carbocycles. The lowest BCUT2D eigenvalue weighted by molar-refractivity contribution is 0.00578. The minimum Gasteiger partial charge on any atom is -0.401 e. The van der Waals surface area contributed by atoms with Crippen molar-refractivity contribution in [2.75, 3.05) is 0 Å². The van der Waals surface area contributed by atoms with Gasteiger partial charge in [-0.15, -0.1) is 0 Å². The largest absolute Gasteiger partial charge is 0.500 e. The summed E-state index contributed by atoms with van der Waals surface area (Å²) in [6, 6.07) is 0. The molecule has 1 fully saturated rings. The normalized spacial score (nSPS) is 27.0. The van der Waals surface area contributed by atoms with Gasteiger partial charge in [0.25, 0.3) is 6.43 Å². The Morgan fingerprint density at radius 2 is 1.29 bits per heavy atom. The van der Waals surface area contributed by atoms with Gasteiger partial charge in [-0.1, -0.05) is 0 Å². The minimum atomic E-state index is -3.08. The first-order valence-corrected chi connectivity index (χ1v) is 4.45. The number of rotatable bonds is 2. The number of alkyl halides is 3. The third-order valence-corrected chi connectivity index (χ3v) is 2.77. The van der Waals surface area contributed by atoms with Crippen LogP contribution in [0, 0.1) is 0 Å². The van der Waals surface area contributed by atoms with Crippen LogP contribution < -0.4 is 0 Å². The highest BCUT2D eigenvalue weighted by Crippen LogP contribution is 2.38. The van der Waals surface area contributed by atoms with Crippen molar-refractivity contribution in [1.82, 2.24) is 0 Å². The van der Waals surface area contributed by atoms with Crippen molar-refractivity contribution < 1.29 is 22.5 Å². The van der Waals surface area contributed by atoms with Crippen LogP contribution in [0.1, 0.15) is 27.7 Å². The van der Waals surface area contributed by atoms with Crippen LogP contribution in [0.4, 0.5) is 13.2 Å². The van der Waals surface area contributed by atoms with Crippen LogP contribution in [0.2, 0.25) is 0 Å². The third kappa shape index (κ3) is 1.91. The fraction of sp³-hybridized carbons (Fsp3) is 1.00. The van der Waals surface area contributed by atoms with Crippen molar-refractivity contribution in [3.8, 4) is 0 Å². The molecule has 0 spiro atoms. The lowest BCUT2D eigenvalue weighted by Crippen LogP contribution is -2.41. The van der Waals surface area contributed by atoms with Crippen LogP contribution in [0.25, 0.3) is 0 Å². The Morgan fingerprint density at radius 1 is 0.929 bits per heavy atom. The van der Waals surface area contributed by atoms with E-state index in [0.717, 1.165) is 0 Å². The van der Waals surface area contributed by atoms with E-state index in [0.29, 0.717) is 0 Å². The van der Waals surface area contributed by atoms with E-state index in [-0.39, 0.29) is 0 Å². The molecule has 1 saturated heterocycles. The molecule has 0 aromatic carbocycles. The average molecular weight is 210 g/mol. The molecule has 6 heteroatoms. The number of hydrogen-bond donors (Lipinski definition) is 0. The average Bonchev–Trinajstić information content (AvgIpc) is 2.20. The fourth-order valence-corrected chi connectivity index (χ4v) is 1.14. The molecule has 0 bridgehead atoms. The smallest absolute Gasteiger partial charge is 0.401 e. The number of halogens is 3. The molecule has 14 heavy (non-hydrogen) atoms. The Morgan fingerprint density at radius 3 is 1.57 bits per heavy atom. The molecule has 2 nitrogen and oxygen atoms in total. The lowest BCUT2D eigenvalue weighted by Gasteiger charge is -2.32. The van der Waals surface area contributed by atoms with Crippen molar-refractivity contribution in [2.45, 2.75) is 51.4 Å². The van der Waals surface area contributed by atoms with Crippen molar-refractivity contribution in [2.24, 2.45) is 0 Å². The van der Waals surface area contributed by atoms with Crippen LogP contribution in [0.3, 0.4) is 0 Å². The Hall–Kier alpha value is -0.225. The van der Waals surface area contributed by atoms with Gasteiger partial charge in [0.05, 0.1) is 11.2 Å². The highest BCUT2D eigenvalue weighted by atomic mass is 19.3. The van der Waals surface area contributed by atoms with E-state index < -0.39 is 30.8 Å². The van der Waals surface area contributed by atoms with Gasteiger partial charge in [-0.25, -0.2) is 13.2 Å². The molecule has 82 valence electrons. The molecular formula is C8H14BF3O2. The molecule has 0 radical (unpaired) electrons. The van der Waals surface area contributed by atoms with Crippen LogP contribution in [0.15, 0.2) is 0 Å². The monoisotopic (exact) mass is 210 g/mol. The summed E-state index contributed by atoms with van der Waals surface area (Å²) in [5.41, 5.74) is -1.53. The quantitative estimate of drug-likeness (QED) is 0.650. The van der Waals surface area contributed by atoms with E-state index in [1.807, 2.05) is 0 Å². The summed E-state index contributed by atoms with van der Waals surface area (Å²) in [6.07, 6.45) is -5.47. The first kappa shape index (κ1) is 11.8. The predicted octanol–water partition coefficient (Wildman–Crippen LogP) is 2.22. The van der Waals surface area contributed by atoms with E-state index in [9.17, 15) is 13.2 Å². The maximum absolute atomic E-state index is 12.9. The van der Waals surface area contributed by atoms with Gasteiger partial charge in [-0.2, -0.15) is 0 Å². The second kappa shape index (κ2) is 3.41. The fourth-order valence-electron chi connectivity index (χ4n) is 1.14. The first-order valence-electron chi connectivity index (χ1n) is 4.45. The van der Waals surface area contributed by atoms with Gasteiger partial charge in [0.2, 0.25) is 0 Å². The number of hydrogen-bond acceptors (Lipinski definition) is 2. The van der Waals surface area contributed by atoms with E-state index >= 15 is 0 Å². The summed E-state index contributed by atoms with van der Waals surface area (Å²) in [4.78, 5) is 0. The molecule has 1 unspecified atom stereocenters. The second-order valence-corrected chi connectivity index (χ2v) is 4.40. The topological polar surface area (TPSA) is 18.5 Å². The van der Waals surface area contributed by atoms with E-state index in [1.165, 1.54) is 0 Å². The maximum atomic E-state index is 12.9. The highest BCUT2D eigenvalue weighted by Gasteiger charge is 2.56. The zero-order chi connectivity index (χ0) is 11.1. The highest BCUT2D eigenvalue weighted by molar-refractivity contribution is 6.47. The van der Waals surface area contributed by atoms with Gasteiger partial charge < -0.3 is 9.31 Å². The summed E-state index contributed by atoms with van der Waals surface area (Å²) >= 11 is 0. The molecule has 1 heterocycles. The molecule has 0 amide bonds. The zero-order valence-electron chi connectivity index (χ0n) is 8.68. The van der Waals surface area contributed by atoms with Gasteiger partial charge in [-0.3, -0.25) is 0 Å². The van der Waals surface area contributed by atoms with Gasteiger partial charge in [0, 0.05) is 0 Å².